The molecule has 0 aliphatic heterocycles. The van der Waals surface area contributed by atoms with E-state index >= 15 is 0 Å². The molecule has 0 radical (unpaired) electrons. The minimum atomic E-state index is 1.11. The monoisotopic (exact) mass is 219 g/mol. The van der Waals surface area contributed by atoms with Crippen LogP contribution in [0, 0.1) is 6.92 Å². The maximum atomic E-state index is 3.57. The summed E-state index contributed by atoms with van der Waals surface area (Å²) >= 11 is 0. The number of hydrogen-bond donors (Lipinski definition) is 1. The molecule has 0 aliphatic carbocycles. The van der Waals surface area contributed by atoms with E-state index < -0.39 is 0 Å². The van der Waals surface area contributed by atoms with Crippen LogP contribution in [0.2, 0.25) is 0 Å². The lowest BCUT2D eigenvalue weighted by Gasteiger charge is -2.13. The molecule has 1 N–H and O–H groups in total. The minimum Gasteiger partial charge on any atom is -0.385 e. The third-order valence-corrected chi connectivity index (χ3v) is 3.01. The van der Waals surface area contributed by atoms with Crippen molar-refractivity contribution in [2.24, 2.45) is 0 Å². The van der Waals surface area contributed by atoms with Gasteiger partial charge in [0.1, 0.15) is 0 Å². The van der Waals surface area contributed by atoms with Crippen molar-refractivity contribution in [3.63, 3.8) is 0 Å². The summed E-state index contributed by atoms with van der Waals surface area (Å²) in [6, 6.07) is 6.57. The molecule has 0 aromatic heterocycles. The molecule has 1 nitrogen and oxygen atoms in total. The highest BCUT2D eigenvalue weighted by Crippen LogP contribution is 2.21. The largest absolute Gasteiger partial charge is 0.385 e. The Morgan fingerprint density at radius 1 is 1.06 bits per heavy atom. The maximum Gasteiger partial charge on any atom is 0.0375 e. The van der Waals surface area contributed by atoms with Crippen molar-refractivity contribution >= 4 is 5.69 Å². The fourth-order valence-electron chi connectivity index (χ4n) is 2.05. The van der Waals surface area contributed by atoms with Gasteiger partial charge in [0.2, 0.25) is 0 Å². The van der Waals surface area contributed by atoms with E-state index in [1.165, 1.54) is 48.9 Å². The first-order chi connectivity index (χ1) is 7.79. The van der Waals surface area contributed by atoms with E-state index in [9.17, 15) is 0 Å². The standard InChI is InChI=1S/C15H25N/c1-4-6-7-12-16-15-11-8-10-13(3)14(15)9-5-2/h8,10-11,16H,4-7,9,12H2,1-3H3. The average Bonchev–Trinajstić information content (AvgIpc) is 2.29. The number of benzene rings is 1. The zero-order valence-electron chi connectivity index (χ0n) is 11.0. The molecular formula is C15H25N. The van der Waals surface area contributed by atoms with Crippen LogP contribution in [0.4, 0.5) is 5.69 Å². The van der Waals surface area contributed by atoms with Crippen LogP contribution in [-0.2, 0) is 6.42 Å². The zero-order chi connectivity index (χ0) is 11.8. The summed E-state index contributed by atoms with van der Waals surface area (Å²) < 4.78 is 0. The lowest BCUT2D eigenvalue weighted by atomic mass is 10.0. The number of hydrogen-bond acceptors (Lipinski definition) is 1. The molecule has 0 saturated carbocycles. The second-order valence-corrected chi connectivity index (χ2v) is 4.48. The number of nitrogens with one attached hydrogen (secondary N) is 1. The van der Waals surface area contributed by atoms with Crippen molar-refractivity contribution in [1.29, 1.82) is 0 Å². The van der Waals surface area contributed by atoms with Gasteiger partial charge in [-0.1, -0.05) is 45.2 Å². The molecule has 0 unspecified atom stereocenters. The van der Waals surface area contributed by atoms with Crippen molar-refractivity contribution in [1.82, 2.24) is 0 Å². The van der Waals surface area contributed by atoms with Crippen LogP contribution in [-0.4, -0.2) is 6.54 Å². The molecule has 0 aliphatic rings. The van der Waals surface area contributed by atoms with Gasteiger partial charge in [-0.25, -0.2) is 0 Å². The molecule has 1 aromatic carbocycles. The Balaban J connectivity index is 2.59. The molecule has 0 bridgehead atoms. The molecular weight excluding hydrogens is 194 g/mol. The highest BCUT2D eigenvalue weighted by molar-refractivity contribution is 5.54. The molecule has 0 saturated heterocycles. The Morgan fingerprint density at radius 2 is 1.88 bits per heavy atom. The third-order valence-electron chi connectivity index (χ3n) is 3.01. The quantitative estimate of drug-likeness (QED) is 0.663. The third kappa shape index (κ3) is 3.88. The van der Waals surface area contributed by atoms with Crippen LogP contribution in [0.15, 0.2) is 18.2 Å². The smallest absolute Gasteiger partial charge is 0.0375 e. The Hall–Kier alpha value is -0.980. The summed E-state index contributed by atoms with van der Waals surface area (Å²) in [6.45, 7) is 7.80. The van der Waals surface area contributed by atoms with Gasteiger partial charge in [0.15, 0.2) is 0 Å². The SMILES string of the molecule is CCCCCNc1cccc(C)c1CCC. The van der Waals surface area contributed by atoms with Crippen molar-refractivity contribution in [2.75, 3.05) is 11.9 Å². The van der Waals surface area contributed by atoms with Crippen LogP contribution in [0.3, 0.4) is 0 Å². The van der Waals surface area contributed by atoms with Crippen LogP contribution in [0.5, 0.6) is 0 Å². The van der Waals surface area contributed by atoms with Crippen molar-refractivity contribution < 1.29 is 0 Å². The molecule has 0 fully saturated rings. The summed E-state index contributed by atoms with van der Waals surface area (Å²) in [5.74, 6) is 0. The first-order valence-corrected chi connectivity index (χ1v) is 6.62. The Kier molecular flexibility index (Phi) is 5.99. The van der Waals surface area contributed by atoms with Gasteiger partial charge in [-0.2, -0.15) is 0 Å². The molecule has 0 heterocycles. The highest BCUT2D eigenvalue weighted by atomic mass is 14.9. The molecule has 0 spiro atoms. The van der Waals surface area contributed by atoms with Gasteiger partial charge in [-0.05, 0) is 37.0 Å². The molecule has 0 atom stereocenters. The maximum absolute atomic E-state index is 3.57. The summed E-state index contributed by atoms with van der Waals surface area (Å²) in [6.07, 6.45) is 6.28. The van der Waals surface area contributed by atoms with Crippen LogP contribution in [0.1, 0.15) is 50.7 Å². The molecule has 16 heavy (non-hydrogen) atoms. The predicted molar refractivity (Wildman–Crippen MR) is 73.2 cm³/mol. The number of rotatable bonds is 7. The minimum absolute atomic E-state index is 1.11. The van der Waals surface area contributed by atoms with Crippen LogP contribution in [0.25, 0.3) is 0 Å². The number of aryl methyl sites for hydroxylation is 1. The van der Waals surface area contributed by atoms with Gasteiger partial charge >= 0.3 is 0 Å². The topological polar surface area (TPSA) is 12.0 Å². The molecule has 1 aromatic rings. The van der Waals surface area contributed by atoms with Gasteiger partial charge in [-0.3, -0.25) is 0 Å². The second-order valence-electron chi connectivity index (χ2n) is 4.48. The van der Waals surface area contributed by atoms with Crippen molar-refractivity contribution in [3.8, 4) is 0 Å². The lowest BCUT2D eigenvalue weighted by Crippen LogP contribution is -2.05. The zero-order valence-corrected chi connectivity index (χ0v) is 11.0. The van der Waals surface area contributed by atoms with E-state index in [1.807, 2.05) is 0 Å². The van der Waals surface area contributed by atoms with E-state index in [4.69, 9.17) is 0 Å². The fourth-order valence-corrected chi connectivity index (χ4v) is 2.05. The van der Waals surface area contributed by atoms with E-state index in [0.29, 0.717) is 0 Å². The van der Waals surface area contributed by atoms with E-state index in [1.54, 1.807) is 0 Å². The van der Waals surface area contributed by atoms with Gasteiger partial charge in [0, 0.05) is 12.2 Å². The predicted octanol–water partition coefficient (Wildman–Crippen LogP) is 4.55. The van der Waals surface area contributed by atoms with E-state index in [-0.39, 0.29) is 0 Å². The van der Waals surface area contributed by atoms with Crippen LogP contribution < -0.4 is 5.32 Å². The molecule has 90 valence electrons. The number of anilines is 1. The summed E-state index contributed by atoms with van der Waals surface area (Å²) in [5, 5.41) is 3.57. The first-order valence-electron chi connectivity index (χ1n) is 6.62. The second kappa shape index (κ2) is 7.32. The number of unbranched alkanes of at least 4 members (excludes halogenated alkanes) is 2. The molecule has 1 rings (SSSR count). The van der Waals surface area contributed by atoms with E-state index in [2.05, 4.69) is 44.3 Å². The average molecular weight is 219 g/mol. The van der Waals surface area contributed by atoms with E-state index in [0.717, 1.165) is 6.54 Å². The Bertz CT molecular complexity index is 304. The van der Waals surface area contributed by atoms with Crippen molar-refractivity contribution in [3.05, 3.63) is 29.3 Å². The van der Waals surface area contributed by atoms with Crippen LogP contribution >= 0.6 is 0 Å². The van der Waals surface area contributed by atoms with Crippen molar-refractivity contribution in [2.45, 2.75) is 52.9 Å². The van der Waals surface area contributed by atoms with Gasteiger partial charge < -0.3 is 5.32 Å². The molecule has 0 amide bonds. The summed E-state index contributed by atoms with van der Waals surface area (Å²) in [5.41, 5.74) is 4.27. The highest BCUT2D eigenvalue weighted by Gasteiger charge is 2.03. The Labute approximate surface area is 100 Å². The summed E-state index contributed by atoms with van der Waals surface area (Å²) in [7, 11) is 0. The van der Waals surface area contributed by atoms with Gasteiger partial charge in [-0.15, -0.1) is 0 Å². The fraction of sp³-hybridized carbons (Fsp3) is 0.600. The normalized spacial score (nSPS) is 10.4. The van der Waals surface area contributed by atoms with Gasteiger partial charge in [0.25, 0.3) is 0 Å². The first kappa shape index (κ1) is 13.1. The Morgan fingerprint density at radius 3 is 2.56 bits per heavy atom. The molecule has 1 heteroatoms. The lowest BCUT2D eigenvalue weighted by molar-refractivity contribution is 0.743. The van der Waals surface area contributed by atoms with Gasteiger partial charge in [0.05, 0.1) is 0 Å². The summed E-state index contributed by atoms with van der Waals surface area (Å²) in [4.78, 5) is 0.